The van der Waals surface area contributed by atoms with Crippen molar-refractivity contribution in [3.05, 3.63) is 29.3 Å². The van der Waals surface area contributed by atoms with E-state index in [2.05, 4.69) is 15.5 Å². The maximum Gasteiger partial charge on any atom is 0.246 e. The Morgan fingerprint density at radius 1 is 1.30 bits per heavy atom. The summed E-state index contributed by atoms with van der Waals surface area (Å²) in [5, 5.41) is 11.2. The molecule has 148 valence electrons. The molecule has 3 rings (SSSR count). The Morgan fingerprint density at radius 3 is 2.63 bits per heavy atom. The van der Waals surface area contributed by atoms with Gasteiger partial charge in [-0.1, -0.05) is 0 Å². The molecule has 0 radical (unpaired) electrons. The summed E-state index contributed by atoms with van der Waals surface area (Å²) in [7, 11) is -0.111. The minimum Gasteiger partial charge on any atom is -0.350 e. The predicted octanol–water partition coefficient (Wildman–Crippen LogP) is 0.488. The van der Waals surface area contributed by atoms with Gasteiger partial charge in [0.1, 0.15) is 4.90 Å². The number of nitrogens with zero attached hydrogens (tertiary/aromatic N) is 5. The van der Waals surface area contributed by atoms with E-state index in [0.29, 0.717) is 31.6 Å². The van der Waals surface area contributed by atoms with E-state index < -0.39 is 10.0 Å². The van der Waals surface area contributed by atoms with Crippen molar-refractivity contribution in [3.8, 4) is 0 Å². The van der Waals surface area contributed by atoms with Crippen LogP contribution >= 0.6 is 0 Å². The van der Waals surface area contributed by atoms with E-state index in [4.69, 9.17) is 0 Å². The molecule has 1 fully saturated rings. The second kappa shape index (κ2) is 7.43. The van der Waals surface area contributed by atoms with Crippen LogP contribution in [-0.2, 0) is 35.5 Å². The highest BCUT2D eigenvalue weighted by Crippen LogP contribution is 2.25. The number of carbonyl (C=O) groups is 1. The van der Waals surface area contributed by atoms with E-state index in [1.165, 1.54) is 15.2 Å². The highest BCUT2D eigenvalue weighted by Gasteiger charge is 2.34. The molecule has 9 nitrogen and oxygen atoms in total. The minimum absolute atomic E-state index is 0.128. The van der Waals surface area contributed by atoms with Crippen LogP contribution in [0.4, 0.5) is 0 Å². The molecule has 1 aliphatic rings. The number of hydrogen-bond acceptors (Lipinski definition) is 5. The summed E-state index contributed by atoms with van der Waals surface area (Å²) >= 11 is 0. The van der Waals surface area contributed by atoms with E-state index in [9.17, 15) is 13.2 Å². The number of carbonyl (C=O) groups excluding carboxylic acids is 1. The lowest BCUT2D eigenvalue weighted by Gasteiger charge is -2.31. The van der Waals surface area contributed by atoms with Gasteiger partial charge in [-0.25, -0.2) is 8.42 Å². The maximum absolute atomic E-state index is 12.9. The quantitative estimate of drug-likeness (QED) is 0.795. The average molecular weight is 395 g/mol. The Morgan fingerprint density at radius 2 is 2.04 bits per heavy atom. The number of sulfonamides is 1. The first-order valence-electron chi connectivity index (χ1n) is 8.96. The van der Waals surface area contributed by atoms with Gasteiger partial charge in [-0.05, 0) is 32.8 Å². The zero-order valence-electron chi connectivity index (χ0n) is 16.1. The van der Waals surface area contributed by atoms with Crippen molar-refractivity contribution < 1.29 is 13.2 Å². The zero-order chi connectivity index (χ0) is 19.8. The van der Waals surface area contributed by atoms with Gasteiger partial charge in [-0.3, -0.25) is 14.2 Å². The first-order valence-corrected chi connectivity index (χ1v) is 10.4. The number of rotatable bonds is 5. The molecule has 27 heavy (non-hydrogen) atoms. The number of piperidine rings is 1. The first kappa shape index (κ1) is 19.6. The highest BCUT2D eigenvalue weighted by atomic mass is 32.2. The highest BCUT2D eigenvalue weighted by molar-refractivity contribution is 7.89. The van der Waals surface area contributed by atoms with Crippen molar-refractivity contribution in [2.24, 2.45) is 20.0 Å². The molecule has 0 aliphatic carbocycles. The molecule has 1 atom stereocenters. The monoisotopic (exact) mass is 394 g/mol. The van der Waals surface area contributed by atoms with Gasteiger partial charge in [-0.15, -0.1) is 0 Å². The van der Waals surface area contributed by atoms with Gasteiger partial charge >= 0.3 is 0 Å². The van der Waals surface area contributed by atoms with Crippen LogP contribution in [0.5, 0.6) is 0 Å². The second-order valence-corrected chi connectivity index (χ2v) is 8.94. The molecular weight excluding hydrogens is 368 g/mol. The maximum atomic E-state index is 12.9. The summed E-state index contributed by atoms with van der Waals surface area (Å²) in [6.07, 6.45) is 2.70. The summed E-state index contributed by atoms with van der Waals surface area (Å²) in [6.45, 7) is 4.61. The molecule has 2 aromatic rings. The van der Waals surface area contributed by atoms with Gasteiger partial charge < -0.3 is 5.32 Å². The average Bonchev–Trinajstić information content (AvgIpc) is 3.14. The van der Waals surface area contributed by atoms with Crippen molar-refractivity contribution in [2.45, 2.75) is 38.1 Å². The SMILES string of the molecule is Cc1cc(CNC(=O)[C@@H]2CCCN(S(=O)(=O)c3cnn(C)c3C)C2)n(C)n1. The number of aryl methyl sites for hydroxylation is 3. The molecule has 2 aromatic heterocycles. The molecule has 10 heteroatoms. The predicted molar refractivity (Wildman–Crippen MR) is 99.2 cm³/mol. The fraction of sp³-hybridized carbons (Fsp3) is 0.588. The van der Waals surface area contributed by atoms with E-state index in [1.807, 2.05) is 20.0 Å². The van der Waals surface area contributed by atoms with Crippen LogP contribution in [0.15, 0.2) is 17.2 Å². The second-order valence-electron chi connectivity index (χ2n) is 7.04. The summed E-state index contributed by atoms with van der Waals surface area (Å²) in [6, 6.07) is 1.92. The van der Waals surface area contributed by atoms with Gasteiger partial charge in [0.05, 0.1) is 35.7 Å². The van der Waals surface area contributed by atoms with Gasteiger partial charge in [0, 0.05) is 27.2 Å². The third kappa shape index (κ3) is 3.91. The molecule has 1 N–H and O–H groups in total. The minimum atomic E-state index is -3.65. The van der Waals surface area contributed by atoms with Crippen molar-refractivity contribution in [3.63, 3.8) is 0 Å². The summed E-state index contributed by atoms with van der Waals surface area (Å²) < 4.78 is 30.6. The number of amides is 1. The van der Waals surface area contributed by atoms with E-state index in [1.54, 1.807) is 18.7 Å². The van der Waals surface area contributed by atoms with Gasteiger partial charge in [0.2, 0.25) is 15.9 Å². The van der Waals surface area contributed by atoms with E-state index in [-0.39, 0.29) is 23.3 Å². The van der Waals surface area contributed by atoms with Crippen LogP contribution in [0.2, 0.25) is 0 Å². The van der Waals surface area contributed by atoms with Gasteiger partial charge in [0.15, 0.2) is 0 Å². The van der Waals surface area contributed by atoms with Crippen LogP contribution in [0.3, 0.4) is 0 Å². The van der Waals surface area contributed by atoms with Crippen LogP contribution in [0, 0.1) is 19.8 Å². The summed E-state index contributed by atoms with van der Waals surface area (Å²) in [5.41, 5.74) is 2.39. The third-order valence-electron chi connectivity index (χ3n) is 5.11. The molecule has 1 aliphatic heterocycles. The topological polar surface area (TPSA) is 102 Å². The molecule has 0 bridgehead atoms. The molecule has 0 unspecified atom stereocenters. The number of aromatic nitrogens is 4. The largest absolute Gasteiger partial charge is 0.350 e. The molecular formula is C17H26N6O3S. The van der Waals surface area contributed by atoms with Crippen molar-refractivity contribution in [2.75, 3.05) is 13.1 Å². The molecule has 1 amide bonds. The Hall–Kier alpha value is -2.20. The Kier molecular flexibility index (Phi) is 5.38. The molecule has 1 saturated heterocycles. The lowest BCUT2D eigenvalue weighted by atomic mass is 9.99. The fourth-order valence-corrected chi connectivity index (χ4v) is 5.11. The Balaban J connectivity index is 1.67. The van der Waals surface area contributed by atoms with Gasteiger partial charge in [0.25, 0.3) is 0 Å². The molecule has 0 spiro atoms. The van der Waals surface area contributed by atoms with Crippen molar-refractivity contribution in [1.29, 1.82) is 0 Å². The summed E-state index contributed by atoms with van der Waals surface area (Å²) in [4.78, 5) is 12.8. The summed E-state index contributed by atoms with van der Waals surface area (Å²) in [5.74, 6) is -0.489. The standard InChI is InChI=1S/C17H26N6O3S/c1-12-8-15(22(4)20-12)9-18-17(24)14-6-5-7-23(11-14)27(25,26)16-10-19-21(3)13(16)2/h8,10,14H,5-7,9,11H2,1-4H3,(H,18,24)/t14-/m1/s1. The van der Waals surface area contributed by atoms with Crippen molar-refractivity contribution in [1.82, 2.24) is 29.2 Å². The van der Waals surface area contributed by atoms with Gasteiger partial charge in [-0.2, -0.15) is 14.5 Å². The molecule has 3 heterocycles. The Bertz CT molecular complexity index is 946. The smallest absolute Gasteiger partial charge is 0.246 e. The van der Waals surface area contributed by atoms with Crippen LogP contribution < -0.4 is 5.32 Å². The fourth-order valence-electron chi connectivity index (χ4n) is 3.40. The Labute approximate surface area is 159 Å². The number of hydrogen-bond donors (Lipinski definition) is 1. The first-order chi connectivity index (χ1) is 12.7. The molecule has 0 saturated carbocycles. The molecule has 0 aromatic carbocycles. The van der Waals surface area contributed by atoms with Crippen LogP contribution in [0.25, 0.3) is 0 Å². The van der Waals surface area contributed by atoms with Crippen LogP contribution in [-0.4, -0.2) is 51.3 Å². The van der Waals surface area contributed by atoms with E-state index in [0.717, 1.165) is 11.4 Å². The zero-order valence-corrected chi connectivity index (χ0v) is 17.0. The lowest BCUT2D eigenvalue weighted by molar-refractivity contribution is -0.126. The lowest BCUT2D eigenvalue weighted by Crippen LogP contribution is -2.45. The van der Waals surface area contributed by atoms with Crippen LogP contribution in [0.1, 0.15) is 29.9 Å². The van der Waals surface area contributed by atoms with Crippen molar-refractivity contribution >= 4 is 15.9 Å². The third-order valence-corrected chi connectivity index (χ3v) is 7.07. The number of nitrogens with one attached hydrogen (secondary N) is 1. The van der Waals surface area contributed by atoms with E-state index >= 15 is 0 Å². The normalized spacial score (nSPS) is 18.6.